The number of halogens is 1. The van der Waals surface area contributed by atoms with Crippen molar-refractivity contribution in [2.24, 2.45) is 0 Å². The largest absolute Gasteiger partial charge is 0.456 e. The molecule has 3 rings (SSSR count). The summed E-state index contributed by atoms with van der Waals surface area (Å²) < 4.78 is 5.66. The van der Waals surface area contributed by atoms with Crippen LogP contribution >= 0.6 is 23.4 Å². The van der Waals surface area contributed by atoms with Crippen LogP contribution in [0.25, 0.3) is 0 Å². The summed E-state index contributed by atoms with van der Waals surface area (Å²) >= 11 is 7.53. The van der Waals surface area contributed by atoms with Gasteiger partial charge >= 0.3 is 0 Å². The van der Waals surface area contributed by atoms with E-state index in [4.69, 9.17) is 16.3 Å². The number of amides is 1. The predicted octanol–water partition coefficient (Wildman–Crippen LogP) is 5.05. The molecule has 0 saturated carbocycles. The van der Waals surface area contributed by atoms with Gasteiger partial charge in [0.15, 0.2) is 0 Å². The van der Waals surface area contributed by atoms with E-state index in [0.717, 1.165) is 15.7 Å². The number of carbonyl (C=O) groups is 1. The van der Waals surface area contributed by atoms with E-state index in [9.17, 15) is 4.79 Å². The molecule has 1 amide bonds. The monoisotopic (exact) mass is 384 g/mol. The summed E-state index contributed by atoms with van der Waals surface area (Å²) in [5, 5.41) is 3.63. The lowest BCUT2D eigenvalue weighted by Gasteiger charge is -2.07. The van der Waals surface area contributed by atoms with Gasteiger partial charge in [0.1, 0.15) is 11.5 Å². The third kappa shape index (κ3) is 5.51. The highest BCUT2D eigenvalue weighted by Gasteiger charge is 2.06. The topological polar surface area (TPSA) is 51.2 Å². The first-order chi connectivity index (χ1) is 12.7. The van der Waals surface area contributed by atoms with E-state index in [1.165, 1.54) is 0 Å². The van der Waals surface area contributed by atoms with Crippen molar-refractivity contribution in [3.05, 3.63) is 83.6 Å². The molecule has 0 atom stereocenters. The van der Waals surface area contributed by atoms with Gasteiger partial charge in [0, 0.05) is 34.0 Å². The minimum Gasteiger partial charge on any atom is -0.456 e. The summed E-state index contributed by atoms with van der Waals surface area (Å²) in [4.78, 5) is 17.3. The number of ether oxygens (including phenoxy) is 1. The van der Waals surface area contributed by atoms with E-state index in [0.29, 0.717) is 23.6 Å². The van der Waals surface area contributed by atoms with Gasteiger partial charge in [-0.2, -0.15) is 0 Å². The second kappa shape index (κ2) is 9.27. The second-order valence-corrected chi connectivity index (χ2v) is 6.98. The van der Waals surface area contributed by atoms with Gasteiger partial charge in [-0.15, -0.1) is 11.8 Å². The molecule has 1 N–H and O–H groups in total. The maximum absolute atomic E-state index is 12.2. The highest BCUT2D eigenvalue weighted by atomic mass is 35.5. The van der Waals surface area contributed by atoms with Crippen LogP contribution < -0.4 is 10.1 Å². The summed E-state index contributed by atoms with van der Waals surface area (Å²) in [5.74, 6) is 2.00. The van der Waals surface area contributed by atoms with Crippen molar-refractivity contribution in [2.45, 2.75) is 4.90 Å². The standard InChI is InChI=1S/C20H17ClN2O2S/c21-16-5-9-19(10-6-16)26-13-12-23-20(24)15-3-7-17(8-4-15)25-18-2-1-11-22-14-18/h1-11,14H,12-13H2,(H,23,24). The minimum absolute atomic E-state index is 0.102. The molecule has 0 saturated heterocycles. The molecule has 6 heteroatoms. The van der Waals surface area contributed by atoms with Gasteiger partial charge in [-0.3, -0.25) is 9.78 Å². The molecular weight excluding hydrogens is 368 g/mol. The Morgan fingerprint density at radius 1 is 1.04 bits per heavy atom. The lowest BCUT2D eigenvalue weighted by Crippen LogP contribution is -2.25. The second-order valence-electron chi connectivity index (χ2n) is 5.37. The molecule has 4 nitrogen and oxygen atoms in total. The quantitative estimate of drug-likeness (QED) is 0.457. The number of aromatic nitrogens is 1. The number of thioether (sulfide) groups is 1. The Balaban J connectivity index is 1.45. The number of nitrogens with one attached hydrogen (secondary N) is 1. The predicted molar refractivity (Wildman–Crippen MR) is 105 cm³/mol. The third-order valence-corrected chi connectivity index (χ3v) is 4.72. The van der Waals surface area contributed by atoms with Crippen LogP contribution in [0.4, 0.5) is 0 Å². The van der Waals surface area contributed by atoms with Crippen LogP contribution in [0.2, 0.25) is 5.02 Å². The van der Waals surface area contributed by atoms with Crippen molar-refractivity contribution in [2.75, 3.05) is 12.3 Å². The summed E-state index contributed by atoms with van der Waals surface area (Å²) in [7, 11) is 0. The van der Waals surface area contributed by atoms with Crippen LogP contribution in [0.3, 0.4) is 0 Å². The minimum atomic E-state index is -0.102. The summed E-state index contributed by atoms with van der Waals surface area (Å²) in [5.41, 5.74) is 0.597. The van der Waals surface area contributed by atoms with Crippen molar-refractivity contribution in [1.29, 1.82) is 0 Å². The molecule has 3 aromatic rings. The number of rotatable bonds is 7. The number of hydrogen-bond donors (Lipinski definition) is 1. The normalized spacial score (nSPS) is 10.3. The third-order valence-electron chi connectivity index (χ3n) is 3.46. The zero-order valence-electron chi connectivity index (χ0n) is 13.9. The van der Waals surface area contributed by atoms with Gasteiger partial charge < -0.3 is 10.1 Å². The van der Waals surface area contributed by atoms with Crippen LogP contribution in [-0.2, 0) is 0 Å². The number of carbonyl (C=O) groups excluding carboxylic acids is 1. The van der Waals surface area contributed by atoms with Gasteiger partial charge in [0.05, 0.1) is 6.20 Å². The first-order valence-electron chi connectivity index (χ1n) is 8.05. The van der Waals surface area contributed by atoms with Crippen LogP contribution in [0.15, 0.2) is 78.0 Å². The van der Waals surface area contributed by atoms with Crippen molar-refractivity contribution in [3.8, 4) is 11.5 Å². The van der Waals surface area contributed by atoms with Gasteiger partial charge in [-0.05, 0) is 60.7 Å². The number of pyridine rings is 1. The molecule has 0 unspecified atom stereocenters. The molecule has 132 valence electrons. The Bertz CT molecular complexity index is 840. The average molecular weight is 385 g/mol. The molecule has 0 fully saturated rings. The zero-order chi connectivity index (χ0) is 18.2. The van der Waals surface area contributed by atoms with Crippen LogP contribution in [0, 0.1) is 0 Å². The van der Waals surface area contributed by atoms with Gasteiger partial charge in [0.2, 0.25) is 0 Å². The molecular formula is C20H17ClN2O2S. The molecule has 0 aliphatic heterocycles. The molecule has 0 bridgehead atoms. The molecule has 0 radical (unpaired) electrons. The molecule has 0 spiro atoms. The van der Waals surface area contributed by atoms with E-state index in [-0.39, 0.29) is 5.91 Å². The Labute approximate surface area is 161 Å². The van der Waals surface area contributed by atoms with Crippen molar-refractivity contribution >= 4 is 29.3 Å². The van der Waals surface area contributed by atoms with Crippen LogP contribution in [0.5, 0.6) is 11.5 Å². The fourth-order valence-electron chi connectivity index (χ4n) is 2.18. The fourth-order valence-corrected chi connectivity index (χ4v) is 3.08. The molecule has 1 heterocycles. The molecule has 2 aromatic carbocycles. The number of nitrogens with zero attached hydrogens (tertiary/aromatic N) is 1. The number of hydrogen-bond acceptors (Lipinski definition) is 4. The SMILES string of the molecule is O=C(NCCSc1ccc(Cl)cc1)c1ccc(Oc2cccnc2)cc1. The van der Waals surface area contributed by atoms with E-state index in [1.54, 1.807) is 54.5 Å². The molecule has 1 aromatic heterocycles. The Kier molecular flexibility index (Phi) is 6.52. The van der Waals surface area contributed by atoms with Gasteiger partial charge in [-0.1, -0.05) is 11.6 Å². The number of benzene rings is 2. The van der Waals surface area contributed by atoms with Crippen molar-refractivity contribution in [1.82, 2.24) is 10.3 Å². The smallest absolute Gasteiger partial charge is 0.251 e. The van der Waals surface area contributed by atoms with Crippen molar-refractivity contribution in [3.63, 3.8) is 0 Å². The first kappa shape index (κ1) is 18.3. The summed E-state index contributed by atoms with van der Waals surface area (Å²) in [6.07, 6.45) is 3.32. The fraction of sp³-hybridized carbons (Fsp3) is 0.100. The maximum Gasteiger partial charge on any atom is 0.251 e. The van der Waals surface area contributed by atoms with Crippen molar-refractivity contribution < 1.29 is 9.53 Å². The van der Waals surface area contributed by atoms with Crippen LogP contribution in [-0.4, -0.2) is 23.2 Å². The summed E-state index contributed by atoms with van der Waals surface area (Å²) in [6.45, 7) is 0.583. The van der Waals surface area contributed by atoms with E-state index < -0.39 is 0 Å². The Hall–Kier alpha value is -2.50. The van der Waals surface area contributed by atoms with E-state index >= 15 is 0 Å². The lowest BCUT2D eigenvalue weighted by atomic mass is 10.2. The average Bonchev–Trinajstić information content (AvgIpc) is 2.68. The maximum atomic E-state index is 12.2. The Morgan fingerprint density at radius 3 is 2.50 bits per heavy atom. The Morgan fingerprint density at radius 2 is 1.81 bits per heavy atom. The zero-order valence-corrected chi connectivity index (χ0v) is 15.5. The van der Waals surface area contributed by atoms with Crippen LogP contribution in [0.1, 0.15) is 10.4 Å². The lowest BCUT2D eigenvalue weighted by molar-refractivity contribution is 0.0956. The van der Waals surface area contributed by atoms with E-state index in [2.05, 4.69) is 10.3 Å². The molecule has 0 aliphatic carbocycles. The van der Waals surface area contributed by atoms with Gasteiger partial charge in [0.25, 0.3) is 5.91 Å². The van der Waals surface area contributed by atoms with E-state index in [1.807, 2.05) is 30.3 Å². The summed E-state index contributed by atoms with van der Waals surface area (Å²) in [6, 6.07) is 18.3. The van der Waals surface area contributed by atoms with Gasteiger partial charge in [-0.25, -0.2) is 0 Å². The molecule has 26 heavy (non-hydrogen) atoms. The first-order valence-corrected chi connectivity index (χ1v) is 9.41. The highest BCUT2D eigenvalue weighted by molar-refractivity contribution is 7.99. The highest BCUT2D eigenvalue weighted by Crippen LogP contribution is 2.21. The molecule has 0 aliphatic rings.